The Morgan fingerprint density at radius 3 is 2.42 bits per heavy atom. The summed E-state index contributed by atoms with van der Waals surface area (Å²) in [6.45, 7) is 1.60. The zero-order valence-electron chi connectivity index (χ0n) is 14.1. The summed E-state index contributed by atoms with van der Waals surface area (Å²) in [7, 11) is -3.43. The van der Waals surface area contributed by atoms with E-state index in [1.165, 1.54) is 16.7 Å². The van der Waals surface area contributed by atoms with Gasteiger partial charge in [-0.3, -0.25) is 0 Å². The summed E-state index contributed by atoms with van der Waals surface area (Å²) in [6, 6.07) is 8.47. The Labute approximate surface area is 152 Å². The molecule has 3 rings (SSSR count). The first-order valence-corrected chi connectivity index (χ1v) is 9.75. The van der Waals surface area contributed by atoms with Crippen LogP contribution in [-0.4, -0.2) is 53.4 Å². The van der Waals surface area contributed by atoms with Crippen molar-refractivity contribution in [3.63, 3.8) is 0 Å². The van der Waals surface area contributed by atoms with Crippen molar-refractivity contribution in [3.05, 3.63) is 48.4 Å². The third kappa shape index (κ3) is 4.17. The second-order valence-electron chi connectivity index (χ2n) is 6.13. The Bertz CT molecular complexity index is 848. The molecule has 1 fully saturated rings. The van der Waals surface area contributed by atoms with Gasteiger partial charge in [-0.1, -0.05) is 18.2 Å². The van der Waals surface area contributed by atoms with E-state index in [0.717, 1.165) is 12.8 Å². The van der Waals surface area contributed by atoms with Crippen LogP contribution < -0.4 is 5.32 Å². The minimum Gasteiger partial charge on any atom is -0.476 e. The fourth-order valence-corrected chi connectivity index (χ4v) is 4.36. The zero-order chi connectivity index (χ0) is 18.6. The predicted molar refractivity (Wildman–Crippen MR) is 95.4 cm³/mol. The summed E-state index contributed by atoms with van der Waals surface area (Å²) in [6.07, 6.45) is 4.09. The van der Waals surface area contributed by atoms with Crippen molar-refractivity contribution < 1.29 is 18.3 Å². The molecule has 26 heavy (non-hydrogen) atoms. The van der Waals surface area contributed by atoms with E-state index < -0.39 is 16.0 Å². The number of carboxylic acid groups (broad SMARTS) is 1. The molecule has 1 aliphatic rings. The lowest BCUT2D eigenvalue weighted by Crippen LogP contribution is -2.39. The standard InChI is InChI=1S/C17H20N4O4S/c22-17(23)15-11-20-16(12-18-15)19-10-13-6-8-21(9-7-13)26(24,25)14-4-2-1-3-5-14/h1-5,11-13H,6-10H2,(H,19,20)(H,22,23). The molecular formula is C17H20N4O4S. The topological polar surface area (TPSA) is 112 Å². The number of carbonyl (C=O) groups is 1. The van der Waals surface area contributed by atoms with Crippen LogP contribution in [0.2, 0.25) is 0 Å². The van der Waals surface area contributed by atoms with Crippen LogP contribution in [0.25, 0.3) is 0 Å². The maximum absolute atomic E-state index is 12.6. The average molecular weight is 376 g/mol. The molecule has 0 aliphatic carbocycles. The normalized spacial score (nSPS) is 16.3. The van der Waals surface area contributed by atoms with E-state index in [9.17, 15) is 13.2 Å². The number of aromatic nitrogens is 2. The largest absolute Gasteiger partial charge is 0.476 e. The first-order chi connectivity index (χ1) is 12.5. The lowest BCUT2D eigenvalue weighted by Gasteiger charge is -2.31. The quantitative estimate of drug-likeness (QED) is 0.789. The van der Waals surface area contributed by atoms with Gasteiger partial charge in [-0.25, -0.2) is 23.2 Å². The molecule has 0 amide bonds. The number of nitrogens with one attached hydrogen (secondary N) is 1. The number of anilines is 1. The minimum absolute atomic E-state index is 0.102. The molecule has 0 radical (unpaired) electrons. The van der Waals surface area contributed by atoms with Gasteiger partial charge in [0.25, 0.3) is 0 Å². The highest BCUT2D eigenvalue weighted by atomic mass is 32.2. The van der Waals surface area contributed by atoms with Crippen molar-refractivity contribution in [1.82, 2.24) is 14.3 Å². The predicted octanol–water partition coefficient (Wildman–Crippen LogP) is 1.69. The number of benzene rings is 1. The molecule has 0 atom stereocenters. The number of aromatic carboxylic acids is 1. The van der Waals surface area contributed by atoms with Gasteiger partial charge in [0.2, 0.25) is 10.0 Å². The Hall–Kier alpha value is -2.52. The number of nitrogens with zero attached hydrogens (tertiary/aromatic N) is 3. The lowest BCUT2D eigenvalue weighted by molar-refractivity contribution is 0.0690. The van der Waals surface area contributed by atoms with Gasteiger partial charge in [0, 0.05) is 19.6 Å². The Morgan fingerprint density at radius 2 is 1.85 bits per heavy atom. The van der Waals surface area contributed by atoms with Crippen LogP contribution in [0.5, 0.6) is 0 Å². The Kier molecular flexibility index (Phi) is 5.48. The van der Waals surface area contributed by atoms with Gasteiger partial charge in [0.1, 0.15) is 5.82 Å². The van der Waals surface area contributed by atoms with Gasteiger partial charge in [-0.15, -0.1) is 0 Å². The molecule has 1 aromatic carbocycles. The van der Waals surface area contributed by atoms with Crippen molar-refractivity contribution in [2.75, 3.05) is 25.0 Å². The van der Waals surface area contributed by atoms with Gasteiger partial charge in [0.15, 0.2) is 5.69 Å². The molecular weight excluding hydrogens is 356 g/mol. The SMILES string of the molecule is O=C(O)c1cnc(NCC2CCN(S(=O)(=O)c3ccccc3)CC2)cn1. The summed E-state index contributed by atoms with van der Waals surface area (Å²) in [5.74, 6) is -0.288. The number of carboxylic acids is 1. The van der Waals surface area contributed by atoms with Gasteiger partial charge in [-0.05, 0) is 30.9 Å². The third-order valence-corrected chi connectivity index (χ3v) is 6.31. The van der Waals surface area contributed by atoms with E-state index in [-0.39, 0.29) is 5.69 Å². The van der Waals surface area contributed by atoms with Crippen molar-refractivity contribution in [3.8, 4) is 0 Å². The molecule has 138 valence electrons. The molecule has 2 N–H and O–H groups in total. The highest BCUT2D eigenvalue weighted by Gasteiger charge is 2.29. The molecule has 1 saturated heterocycles. The van der Waals surface area contributed by atoms with Gasteiger partial charge in [-0.2, -0.15) is 4.31 Å². The Balaban J connectivity index is 1.52. The first kappa shape index (κ1) is 18.3. The number of sulfonamides is 1. The van der Waals surface area contributed by atoms with Crippen molar-refractivity contribution in [2.24, 2.45) is 5.92 Å². The van der Waals surface area contributed by atoms with E-state index in [0.29, 0.717) is 36.3 Å². The van der Waals surface area contributed by atoms with E-state index in [1.807, 2.05) is 0 Å². The number of rotatable bonds is 6. The highest BCUT2D eigenvalue weighted by molar-refractivity contribution is 7.89. The molecule has 2 aromatic rings. The fraction of sp³-hybridized carbons (Fsp3) is 0.353. The highest BCUT2D eigenvalue weighted by Crippen LogP contribution is 2.23. The summed E-state index contributed by atoms with van der Waals surface area (Å²) < 4.78 is 26.7. The third-order valence-electron chi connectivity index (χ3n) is 4.40. The van der Waals surface area contributed by atoms with Crippen LogP contribution in [0.4, 0.5) is 5.82 Å². The second-order valence-corrected chi connectivity index (χ2v) is 8.07. The summed E-state index contributed by atoms with van der Waals surface area (Å²) in [5, 5.41) is 11.9. The maximum Gasteiger partial charge on any atom is 0.356 e. The van der Waals surface area contributed by atoms with Crippen molar-refractivity contribution >= 4 is 21.8 Å². The zero-order valence-corrected chi connectivity index (χ0v) is 14.9. The lowest BCUT2D eigenvalue weighted by atomic mass is 9.98. The van der Waals surface area contributed by atoms with Crippen LogP contribution in [0.15, 0.2) is 47.6 Å². The van der Waals surface area contributed by atoms with Crippen LogP contribution in [-0.2, 0) is 10.0 Å². The van der Waals surface area contributed by atoms with Crippen LogP contribution >= 0.6 is 0 Å². The van der Waals surface area contributed by atoms with Crippen LogP contribution in [0.3, 0.4) is 0 Å². The van der Waals surface area contributed by atoms with Gasteiger partial charge in [0.05, 0.1) is 17.3 Å². The fourth-order valence-electron chi connectivity index (χ4n) is 2.87. The Morgan fingerprint density at radius 1 is 1.15 bits per heavy atom. The van der Waals surface area contributed by atoms with Crippen LogP contribution in [0.1, 0.15) is 23.3 Å². The van der Waals surface area contributed by atoms with Crippen molar-refractivity contribution in [2.45, 2.75) is 17.7 Å². The smallest absolute Gasteiger partial charge is 0.356 e. The molecule has 0 spiro atoms. The molecule has 1 aromatic heterocycles. The number of hydrogen-bond donors (Lipinski definition) is 2. The maximum atomic E-state index is 12.6. The van der Waals surface area contributed by atoms with Gasteiger partial charge < -0.3 is 10.4 Å². The minimum atomic E-state index is -3.43. The number of piperidine rings is 1. The molecule has 1 aliphatic heterocycles. The van der Waals surface area contributed by atoms with Crippen molar-refractivity contribution in [1.29, 1.82) is 0 Å². The second kappa shape index (κ2) is 7.79. The average Bonchev–Trinajstić information content (AvgIpc) is 2.67. The summed E-state index contributed by atoms with van der Waals surface area (Å²) in [5.41, 5.74) is -0.102. The monoisotopic (exact) mass is 376 g/mol. The van der Waals surface area contributed by atoms with E-state index >= 15 is 0 Å². The van der Waals surface area contributed by atoms with E-state index in [4.69, 9.17) is 5.11 Å². The van der Waals surface area contributed by atoms with E-state index in [2.05, 4.69) is 15.3 Å². The molecule has 0 bridgehead atoms. The molecule has 0 saturated carbocycles. The molecule has 9 heteroatoms. The number of hydrogen-bond acceptors (Lipinski definition) is 6. The summed E-state index contributed by atoms with van der Waals surface area (Å²) >= 11 is 0. The molecule has 2 heterocycles. The first-order valence-electron chi connectivity index (χ1n) is 8.31. The molecule has 0 unspecified atom stereocenters. The van der Waals surface area contributed by atoms with E-state index in [1.54, 1.807) is 30.3 Å². The summed E-state index contributed by atoms with van der Waals surface area (Å²) in [4.78, 5) is 18.9. The van der Waals surface area contributed by atoms with Crippen LogP contribution in [0, 0.1) is 5.92 Å². The van der Waals surface area contributed by atoms with Gasteiger partial charge >= 0.3 is 5.97 Å². The molecule has 8 nitrogen and oxygen atoms in total.